The zero-order valence-electron chi connectivity index (χ0n) is 10.4. The number of phenolic OH excluding ortho intramolecular Hbond substituents is 1. The second-order valence-electron chi connectivity index (χ2n) is 3.97. The van der Waals surface area contributed by atoms with E-state index in [0.717, 1.165) is 17.1 Å². The number of rotatable bonds is 2. The van der Waals surface area contributed by atoms with Crippen molar-refractivity contribution in [3.8, 4) is 22.8 Å². The summed E-state index contributed by atoms with van der Waals surface area (Å²) in [6.45, 7) is 0. The van der Waals surface area contributed by atoms with E-state index in [9.17, 15) is 5.11 Å². The molecular weight excluding hydrogens is 290 g/mol. The Labute approximate surface area is 124 Å². The normalized spacial score (nSPS) is 9.89. The van der Waals surface area contributed by atoms with Crippen molar-refractivity contribution in [3.63, 3.8) is 0 Å². The zero-order chi connectivity index (χ0) is 12.4. The van der Waals surface area contributed by atoms with Crippen LogP contribution < -0.4 is 0 Å². The van der Waals surface area contributed by atoms with E-state index in [4.69, 9.17) is 0 Å². The zero-order valence-corrected chi connectivity index (χ0v) is 13.4. The van der Waals surface area contributed by atoms with Crippen LogP contribution in [0.25, 0.3) is 17.1 Å². The fourth-order valence-electron chi connectivity index (χ4n) is 1.96. The summed E-state index contributed by atoms with van der Waals surface area (Å²) in [5.74, 6) is 0.972. The molecule has 0 aliphatic rings. The molecule has 3 rings (SSSR count). The molecule has 1 aromatic heterocycles. The molecule has 0 bridgehead atoms. The molecule has 90 valence electrons. The van der Waals surface area contributed by atoms with Crippen molar-refractivity contribution >= 4 is 0 Å². The molecule has 3 nitrogen and oxygen atoms in total. The summed E-state index contributed by atoms with van der Waals surface area (Å²) >= 11 is 0. The smallest absolute Gasteiger partial charge is 0.148 e. The van der Waals surface area contributed by atoms with E-state index in [0.29, 0.717) is 0 Å². The topological polar surface area (TPSA) is 38.1 Å². The summed E-state index contributed by atoms with van der Waals surface area (Å²) in [5.41, 5.74) is 1.75. The van der Waals surface area contributed by atoms with Gasteiger partial charge >= 0.3 is 0 Å². The molecule has 0 aliphatic carbocycles. The van der Waals surface area contributed by atoms with Crippen LogP contribution >= 0.6 is 0 Å². The summed E-state index contributed by atoms with van der Waals surface area (Å²) in [4.78, 5) is 4.33. The summed E-state index contributed by atoms with van der Waals surface area (Å²) in [6.07, 6.45) is 3.62. The maximum absolute atomic E-state index is 9.90. The summed E-state index contributed by atoms with van der Waals surface area (Å²) in [6, 6.07) is 17.1. The molecule has 0 unspecified atom stereocenters. The molecule has 2 aromatic carbocycles. The van der Waals surface area contributed by atoms with Crippen LogP contribution in [0.1, 0.15) is 0 Å². The van der Waals surface area contributed by atoms with Crippen LogP contribution in [-0.2, 0) is 19.5 Å². The number of aromatic hydroxyl groups is 1. The fraction of sp³-hybridized carbons (Fsp3) is 0. The molecule has 0 saturated heterocycles. The van der Waals surface area contributed by atoms with Gasteiger partial charge in [0.05, 0.1) is 5.56 Å². The third-order valence-corrected chi connectivity index (χ3v) is 2.82. The first-order chi connectivity index (χ1) is 8.86. The molecule has 0 aliphatic heterocycles. The molecule has 1 N–H and O–H groups in total. The van der Waals surface area contributed by atoms with Crippen molar-refractivity contribution in [1.82, 2.24) is 9.55 Å². The minimum atomic E-state index is 0. The average Bonchev–Trinajstić information content (AvgIpc) is 2.89. The largest absolute Gasteiger partial charge is 0.507 e. The molecule has 0 amide bonds. The number of nitrogens with zero attached hydrogens (tertiary/aromatic N) is 2. The number of hydrogen-bond donors (Lipinski definition) is 1. The third kappa shape index (κ3) is 2.59. The second kappa shape index (κ2) is 5.81. The Morgan fingerprint density at radius 2 is 1.58 bits per heavy atom. The molecule has 0 atom stereocenters. The van der Waals surface area contributed by atoms with E-state index < -0.39 is 0 Å². The fourth-order valence-corrected chi connectivity index (χ4v) is 1.96. The van der Waals surface area contributed by atoms with Gasteiger partial charge < -0.3 is 5.11 Å². The van der Waals surface area contributed by atoms with Gasteiger partial charge in [0.1, 0.15) is 11.6 Å². The molecule has 0 fully saturated rings. The molecule has 0 saturated carbocycles. The van der Waals surface area contributed by atoms with Gasteiger partial charge in [-0.2, -0.15) is 0 Å². The van der Waals surface area contributed by atoms with Crippen LogP contribution in [0.3, 0.4) is 0 Å². The van der Waals surface area contributed by atoms with Gasteiger partial charge in [0.15, 0.2) is 0 Å². The average molecular weight is 302 g/mol. The maximum Gasteiger partial charge on any atom is 0.148 e. The molecule has 4 heteroatoms. The summed E-state index contributed by atoms with van der Waals surface area (Å²) in [7, 11) is 0. The standard InChI is InChI=1S/C15H12N2O.Zn/c18-14-9-5-4-8-13(14)15-16-10-11-17(15)12-6-2-1-3-7-12;/h1-11,18H;. The Morgan fingerprint density at radius 3 is 2.32 bits per heavy atom. The summed E-state index contributed by atoms with van der Waals surface area (Å²) < 4.78 is 1.95. The van der Waals surface area contributed by atoms with Crippen molar-refractivity contribution in [3.05, 3.63) is 67.0 Å². The van der Waals surface area contributed by atoms with Gasteiger partial charge in [0.25, 0.3) is 0 Å². The van der Waals surface area contributed by atoms with Crippen LogP contribution in [0.2, 0.25) is 0 Å². The predicted octanol–water partition coefficient (Wildman–Crippen LogP) is 3.24. The Kier molecular flexibility index (Phi) is 4.13. The predicted molar refractivity (Wildman–Crippen MR) is 70.7 cm³/mol. The Balaban J connectivity index is 0.00000133. The van der Waals surface area contributed by atoms with Crippen molar-refractivity contribution in [2.45, 2.75) is 0 Å². The van der Waals surface area contributed by atoms with Gasteiger partial charge in [-0.05, 0) is 24.3 Å². The first-order valence-corrected chi connectivity index (χ1v) is 5.73. The summed E-state index contributed by atoms with van der Waals surface area (Å²) in [5, 5.41) is 9.90. The molecule has 0 spiro atoms. The number of para-hydroxylation sites is 2. The van der Waals surface area contributed by atoms with Crippen LogP contribution in [0, 0.1) is 0 Å². The number of imidazole rings is 1. The van der Waals surface area contributed by atoms with Gasteiger partial charge in [-0.1, -0.05) is 30.3 Å². The third-order valence-electron chi connectivity index (χ3n) is 2.82. The number of phenols is 1. The Morgan fingerprint density at radius 1 is 0.895 bits per heavy atom. The molecule has 3 aromatic rings. The SMILES string of the molecule is Oc1ccccc1-c1nccn1-c1ccccc1.[Zn]. The number of aromatic nitrogens is 2. The van der Waals surface area contributed by atoms with Crippen LogP contribution in [-0.4, -0.2) is 14.7 Å². The van der Waals surface area contributed by atoms with Gasteiger partial charge in [-0.25, -0.2) is 4.98 Å². The van der Waals surface area contributed by atoms with Crippen LogP contribution in [0.15, 0.2) is 67.0 Å². The molecule has 0 radical (unpaired) electrons. The van der Waals surface area contributed by atoms with Gasteiger partial charge in [0.2, 0.25) is 0 Å². The quantitative estimate of drug-likeness (QED) is 0.738. The van der Waals surface area contributed by atoms with Gasteiger partial charge in [-0.15, -0.1) is 0 Å². The van der Waals surface area contributed by atoms with Crippen LogP contribution in [0.4, 0.5) is 0 Å². The van der Waals surface area contributed by atoms with Gasteiger partial charge in [-0.3, -0.25) is 4.57 Å². The minimum Gasteiger partial charge on any atom is -0.507 e. The second-order valence-corrected chi connectivity index (χ2v) is 3.97. The van der Waals surface area contributed by atoms with Crippen LogP contribution in [0.5, 0.6) is 5.75 Å². The van der Waals surface area contributed by atoms with E-state index >= 15 is 0 Å². The monoisotopic (exact) mass is 300 g/mol. The Bertz CT molecular complexity index is 665. The molecule has 1 heterocycles. The number of hydrogen-bond acceptors (Lipinski definition) is 2. The van der Waals surface area contributed by atoms with E-state index in [-0.39, 0.29) is 25.2 Å². The first-order valence-electron chi connectivity index (χ1n) is 5.73. The molecule has 19 heavy (non-hydrogen) atoms. The maximum atomic E-state index is 9.90. The van der Waals surface area contributed by atoms with Crippen molar-refractivity contribution < 1.29 is 24.6 Å². The Hall–Kier alpha value is -1.93. The van der Waals surface area contributed by atoms with Crippen molar-refractivity contribution in [2.75, 3.05) is 0 Å². The molecular formula is C15H12N2OZn. The number of benzene rings is 2. The van der Waals surface area contributed by atoms with Crippen molar-refractivity contribution in [2.24, 2.45) is 0 Å². The first kappa shape index (κ1) is 13.5. The van der Waals surface area contributed by atoms with Gasteiger partial charge in [0, 0.05) is 37.6 Å². The van der Waals surface area contributed by atoms with E-state index in [1.165, 1.54) is 0 Å². The van der Waals surface area contributed by atoms with E-state index in [1.807, 2.05) is 53.2 Å². The van der Waals surface area contributed by atoms with E-state index in [1.54, 1.807) is 18.3 Å². The van der Waals surface area contributed by atoms with Crippen molar-refractivity contribution in [1.29, 1.82) is 0 Å². The minimum absolute atomic E-state index is 0. The van der Waals surface area contributed by atoms with E-state index in [2.05, 4.69) is 4.98 Å².